The van der Waals surface area contributed by atoms with E-state index in [0.717, 1.165) is 16.9 Å². The van der Waals surface area contributed by atoms with Gasteiger partial charge in [0, 0.05) is 35.9 Å². The lowest BCUT2D eigenvalue weighted by Crippen LogP contribution is -2.29. The van der Waals surface area contributed by atoms with Gasteiger partial charge in [-0.3, -0.25) is 14.6 Å². The molecule has 0 unspecified atom stereocenters. The largest absolute Gasteiger partial charge is 0.507 e. The van der Waals surface area contributed by atoms with Crippen molar-refractivity contribution >= 4 is 29.1 Å². The number of likely N-dealkylation sites (tertiary alicyclic amines) is 1. The molecular weight excluding hydrogens is 440 g/mol. The second-order valence-corrected chi connectivity index (χ2v) is 8.73. The van der Waals surface area contributed by atoms with E-state index in [2.05, 4.69) is 4.98 Å². The minimum atomic E-state index is -0.778. The molecular formula is C26H21ClN2O4. The van der Waals surface area contributed by atoms with E-state index in [1.165, 1.54) is 4.90 Å². The number of carbonyl (C=O) groups is 2. The Balaban J connectivity index is 1.64. The molecule has 2 atom stereocenters. The van der Waals surface area contributed by atoms with Crippen molar-refractivity contribution in [1.82, 2.24) is 9.88 Å². The zero-order valence-electron chi connectivity index (χ0n) is 17.9. The van der Waals surface area contributed by atoms with Gasteiger partial charge >= 0.3 is 0 Å². The highest BCUT2D eigenvalue weighted by molar-refractivity contribution is 6.46. The minimum Gasteiger partial charge on any atom is -0.507 e. The SMILES string of the molecule is C[C@H]1Cc2cc(/C(O)=C3\C(=O)C(=O)N(Cc4ccncc4)[C@H]3c3cccc(Cl)c3)ccc2O1. The van der Waals surface area contributed by atoms with Gasteiger partial charge in [-0.25, -0.2) is 0 Å². The van der Waals surface area contributed by atoms with Crippen molar-refractivity contribution in [3.63, 3.8) is 0 Å². The average Bonchev–Trinajstić information content (AvgIpc) is 3.30. The Bertz CT molecular complexity index is 1290. The van der Waals surface area contributed by atoms with Crippen LogP contribution in [-0.2, 0) is 22.6 Å². The second-order valence-electron chi connectivity index (χ2n) is 8.29. The number of aromatic nitrogens is 1. The molecule has 2 aliphatic rings. The lowest BCUT2D eigenvalue weighted by Gasteiger charge is -2.25. The maximum absolute atomic E-state index is 13.2. The molecule has 1 N–H and O–H groups in total. The molecule has 166 valence electrons. The Labute approximate surface area is 196 Å². The lowest BCUT2D eigenvalue weighted by molar-refractivity contribution is -0.140. The van der Waals surface area contributed by atoms with Gasteiger partial charge in [0.25, 0.3) is 11.7 Å². The zero-order chi connectivity index (χ0) is 23.1. The molecule has 0 bridgehead atoms. The molecule has 2 aromatic carbocycles. The molecule has 1 fully saturated rings. The van der Waals surface area contributed by atoms with Crippen molar-refractivity contribution in [1.29, 1.82) is 0 Å². The van der Waals surface area contributed by atoms with Gasteiger partial charge in [0.05, 0.1) is 11.6 Å². The van der Waals surface area contributed by atoms with Gasteiger partial charge in [-0.1, -0.05) is 23.7 Å². The third kappa shape index (κ3) is 3.87. The van der Waals surface area contributed by atoms with E-state index in [0.29, 0.717) is 22.6 Å². The third-order valence-electron chi connectivity index (χ3n) is 5.98. The number of benzene rings is 2. The standard InChI is InChI=1S/C26H21ClN2O4/c1-15-11-19-12-18(5-6-21(19)33-15)24(30)22-23(17-3-2-4-20(27)13-17)29(26(32)25(22)31)14-16-7-9-28-10-8-16/h2-10,12-13,15,23,30H,11,14H2,1H3/b24-22+/t15-,23-/m0/s1. The Kier molecular flexibility index (Phi) is 5.38. The molecule has 33 heavy (non-hydrogen) atoms. The quantitative estimate of drug-likeness (QED) is 0.347. The maximum atomic E-state index is 13.2. The Morgan fingerprint density at radius 3 is 2.70 bits per heavy atom. The normalized spacial score (nSPS) is 21.2. The molecule has 3 heterocycles. The van der Waals surface area contributed by atoms with E-state index in [1.807, 2.05) is 13.0 Å². The number of halogens is 1. The van der Waals surface area contributed by atoms with Crippen LogP contribution in [0, 0.1) is 0 Å². The fourth-order valence-corrected chi connectivity index (χ4v) is 4.67. The predicted octanol–water partition coefficient (Wildman–Crippen LogP) is 4.68. The van der Waals surface area contributed by atoms with Gasteiger partial charge in [0.15, 0.2) is 0 Å². The number of hydrogen-bond donors (Lipinski definition) is 1. The Hall–Kier alpha value is -3.64. The van der Waals surface area contributed by atoms with Gasteiger partial charge in [-0.15, -0.1) is 0 Å². The van der Waals surface area contributed by atoms with Crippen molar-refractivity contribution in [3.8, 4) is 5.75 Å². The predicted molar refractivity (Wildman–Crippen MR) is 124 cm³/mol. The van der Waals surface area contributed by atoms with Gasteiger partial charge < -0.3 is 14.7 Å². The summed E-state index contributed by atoms with van der Waals surface area (Å²) in [5.74, 6) is -0.838. The molecule has 1 aromatic heterocycles. The average molecular weight is 461 g/mol. The number of fused-ring (bicyclic) bond motifs is 1. The number of ketones is 1. The highest BCUT2D eigenvalue weighted by atomic mass is 35.5. The molecule has 0 aliphatic carbocycles. The smallest absolute Gasteiger partial charge is 0.295 e. The van der Waals surface area contributed by atoms with Crippen LogP contribution in [0.3, 0.4) is 0 Å². The second kappa shape index (κ2) is 8.37. The molecule has 5 rings (SSSR count). The van der Waals surface area contributed by atoms with Crippen molar-refractivity contribution < 1.29 is 19.4 Å². The van der Waals surface area contributed by atoms with Gasteiger partial charge in [-0.2, -0.15) is 0 Å². The molecule has 1 saturated heterocycles. The summed E-state index contributed by atoms with van der Waals surface area (Å²) in [5, 5.41) is 11.8. The first-order valence-electron chi connectivity index (χ1n) is 10.6. The van der Waals surface area contributed by atoms with Gasteiger partial charge in [0.1, 0.15) is 17.6 Å². The molecule has 6 nitrogen and oxygen atoms in total. The van der Waals surface area contributed by atoms with E-state index in [-0.39, 0.29) is 24.0 Å². The van der Waals surface area contributed by atoms with Crippen molar-refractivity contribution in [2.75, 3.05) is 0 Å². The first kappa shape index (κ1) is 21.2. The van der Waals surface area contributed by atoms with E-state index < -0.39 is 17.7 Å². The number of aliphatic hydroxyl groups excluding tert-OH is 1. The molecule has 1 amide bonds. The summed E-state index contributed by atoms with van der Waals surface area (Å²) in [7, 11) is 0. The van der Waals surface area contributed by atoms with E-state index >= 15 is 0 Å². The summed E-state index contributed by atoms with van der Waals surface area (Å²) in [6.45, 7) is 2.17. The summed E-state index contributed by atoms with van der Waals surface area (Å²) >= 11 is 6.24. The maximum Gasteiger partial charge on any atom is 0.295 e. The zero-order valence-corrected chi connectivity index (χ0v) is 18.6. The number of carbonyl (C=O) groups excluding carboxylic acids is 2. The van der Waals surface area contributed by atoms with Crippen LogP contribution in [0.4, 0.5) is 0 Å². The monoisotopic (exact) mass is 460 g/mol. The van der Waals surface area contributed by atoms with Crippen LogP contribution in [-0.4, -0.2) is 32.8 Å². The summed E-state index contributed by atoms with van der Waals surface area (Å²) in [6, 6.07) is 15.1. The number of hydrogen-bond acceptors (Lipinski definition) is 5. The highest BCUT2D eigenvalue weighted by Crippen LogP contribution is 2.41. The van der Waals surface area contributed by atoms with Crippen LogP contribution in [0.15, 0.2) is 72.6 Å². The number of amides is 1. The molecule has 0 radical (unpaired) electrons. The van der Waals surface area contributed by atoms with Crippen LogP contribution in [0.5, 0.6) is 5.75 Å². The van der Waals surface area contributed by atoms with E-state index in [9.17, 15) is 14.7 Å². The fourth-order valence-electron chi connectivity index (χ4n) is 4.48. The number of ether oxygens (including phenoxy) is 1. The molecule has 3 aromatic rings. The number of nitrogens with zero attached hydrogens (tertiary/aromatic N) is 2. The number of aliphatic hydroxyl groups is 1. The molecule has 0 spiro atoms. The highest BCUT2D eigenvalue weighted by Gasteiger charge is 2.46. The van der Waals surface area contributed by atoms with Crippen LogP contribution in [0.1, 0.15) is 35.2 Å². The topological polar surface area (TPSA) is 79.7 Å². The Morgan fingerprint density at radius 2 is 1.94 bits per heavy atom. The van der Waals surface area contributed by atoms with Crippen LogP contribution in [0.2, 0.25) is 5.02 Å². The van der Waals surface area contributed by atoms with Crippen molar-refractivity contribution in [2.45, 2.75) is 32.0 Å². The minimum absolute atomic E-state index is 0.0447. The third-order valence-corrected chi connectivity index (χ3v) is 6.21. The van der Waals surface area contributed by atoms with Gasteiger partial charge in [0.2, 0.25) is 0 Å². The lowest BCUT2D eigenvalue weighted by atomic mass is 9.94. The summed E-state index contributed by atoms with van der Waals surface area (Å²) in [4.78, 5) is 31.8. The van der Waals surface area contributed by atoms with Gasteiger partial charge in [-0.05, 0) is 66.1 Å². The Morgan fingerprint density at radius 1 is 1.15 bits per heavy atom. The van der Waals surface area contributed by atoms with Crippen LogP contribution >= 0.6 is 11.6 Å². The van der Waals surface area contributed by atoms with Crippen LogP contribution in [0.25, 0.3) is 5.76 Å². The molecule has 2 aliphatic heterocycles. The first-order chi connectivity index (χ1) is 15.9. The van der Waals surface area contributed by atoms with E-state index in [1.54, 1.807) is 60.9 Å². The molecule has 0 saturated carbocycles. The van der Waals surface area contributed by atoms with Crippen molar-refractivity contribution in [2.24, 2.45) is 0 Å². The number of Topliss-reactive ketones (excluding diaryl/α,β-unsaturated/α-hetero) is 1. The number of rotatable bonds is 4. The molecule has 7 heteroatoms. The van der Waals surface area contributed by atoms with Crippen molar-refractivity contribution in [3.05, 3.63) is 99.8 Å². The number of pyridine rings is 1. The van der Waals surface area contributed by atoms with E-state index in [4.69, 9.17) is 16.3 Å². The summed E-state index contributed by atoms with van der Waals surface area (Å²) in [5.41, 5.74) is 2.94. The fraction of sp³-hybridized carbons (Fsp3) is 0.192. The first-order valence-corrected chi connectivity index (χ1v) is 11.0. The van der Waals surface area contributed by atoms with Crippen LogP contribution < -0.4 is 4.74 Å². The summed E-state index contributed by atoms with van der Waals surface area (Å²) in [6.07, 6.45) is 4.03. The summed E-state index contributed by atoms with van der Waals surface area (Å²) < 4.78 is 5.75.